The number of halogens is 1. The Morgan fingerprint density at radius 2 is 1.73 bits per heavy atom. The summed E-state index contributed by atoms with van der Waals surface area (Å²) in [7, 11) is 0. The van der Waals surface area contributed by atoms with E-state index in [2.05, 4.69) is 0 Å². The van der Waals surface area contributed by atoms with Gasteiger partial charge >= 0.3 is 0 Å². The van der Waals surface area contributed by atoms with Crippen molar-refractivity contribution < 1.29 is 4.39 Å². The van der Waals surface area contributed by atoms with Crippen molar-refractivity contribution in [3.63, 3.8) is 0 Å². The molecular formula is C13H12FN. The van der Waals surface area contributed by atoms with E-state index >= 15 is 0 Å². The average molecular weight is 201 g/mol. The number of hydrogen-bond acceptors (Lipinski definition) is 1. The molecule has 2 heteroatoms. The fourth-order valence-corrected chi connectivity index (χ4v) is 1.54. The first kappa shape index (κ1) is 9.71. The molecule has 0 heterocycles. The molecule has 0 fully saturated rings. The standard InChI is InChI=1S/C13H12FN/c14-12-7-6-11(13(15)9-12)8-10-4-2-1-3-5-10/h1-7,9H,8,15H2. The van der Waals surface area contributed by atoms with E-state index < -0.39 is 0 Å². The predicted molar refractivity (Wildman–Crippen MR) is 60.1 cm³/mol. The minimum Gasteiger partial charge on any atom is -0.398 e. The summed E-state index contributed by atoms with van der Waals surface area (Å²) in [5.41, 5.74) is 8.38. The molecule has 2 aromatic rings. The maximum atomic E-state index is 12.8. The van der Waals surface area contributed by atoms with Gasteiger partial charge in [-0.3, -0.25) is 0 Å². The van der Waals surface area contributed by atoms with Gasteiger partial charge in [0, 0.05) is 5.69 Å². The minimum atomic E-state index is -0.288. The van der Waals surface area contributed by atoms with Crippen molar-refractivity contribution >= 4 is 5.69 Å². The van der Waals surface area contributed by atoms with Crippen molar-refractivity contribution in [3.8, 4) is 0 Å². The summed E-state index contributed by atoms with van der Waals surface area (Å²) in [5, 5.41) is 0. The molecule has 76 valence electrons. The highest BCUT2D eigenvalue weighted by Crippen LogP contribution is 2.17. The lowest BCUT2D eigenvalue weighted by atomic mass is 10.0. The van der Waals surface area contributed by atoms with Gasteiger partial charge in [0.05, 0.1) is 0 Å². The van der Waals surface area contributed by atoms with Crippen LogP contribution in [0.5, 0.6) is 0 Å². The van der Waals surface area contributed by atoms with Crippen LogP contribution in [0.3, 0.4) is 0 Å². The maximum Gasteiger partial charge on any atom is 0.125 e. The van der Waals surface area contributed by atoms with Gasteiger partial charge < -0.3 is 5.73 Å². The van der Waals surface area contributed by atoms with Crippen molar-refractivity contribution in [2.24, 2.45) is 0 Å². The summed E-state index contributed by atoms with van der Waals surface area (Å²) >= 11 is 0. The van der Waals surface area contributed by atoms with Crippen molar-refractivity contribution in [3.05, 3.63) is 65.5 Å². The van der Waals surface area contributed by atoms with Crippen molar-refractivity contribution in [2.75, 3.05) is 5.73 Å². The van der Waals surface area contributed by atoms with Gasteiger partial charge in [-0.05, 0) is 29.7 Å². The minimum absolute atomic E-state index is 0.288. The van der Waals surface area contributed by atoms with Crippen molar-refractivity contribution in [1.82, 2.24) is 0 Å². The number of rotatable bonds is 2. The Kier molecular flexibility index (Phi) is 2.68. The Morgan fingerprint density at radius 3 is 2.40 bits per heavy atom. The van der Waals surface area contributed by atoms with Gasteiger partial charge in [0.2, 0.25) is 0 Å². The molecule has 0 aliphatic carbocycles. The highest BCUT2D eigenvalue weighted by atomic mass is 19.1. The van der Waals surface area contributed by atoms with Gasteiger partial charge in [0.1, 0.15) is 5.82 Å². The van der Waals surface area contributed by atoms with Crippen molar-refractivity contribution in [2.45, 2.75) is 6.42 Å². The zero-order valence-corrected chi connectivity index (χ0v) is 8.28. The van der Waals surface area contributed by atoms with Crippen LogP contribution in [0, 0.1) is 5.82 Å². The molecule has 0 aliphatic heterocycles. The molecule has 0 amide bonds. The molecular weight excluding hydrogens is 189 g/mol. The summed E-state index contributed by atoms with van der Waals surface area (Å²) in [6.07, 6.45) is 0.743. The number of hydrogen-bond donors (Lipinski definition) is 1. The number of benzene rings is 2. The lowest BCUT2D eigenvalue weighted by molar-refractivity contribution is 0.628. The van der Waals surface area contributed by atoms with E-state index in [0.29, 0.717) is 5.69 Å². The third-order valence-corrected chi connectivity index (χ3v) is 2.35. The highest BCUT2D eigenvalue weighted by molar-refractivity contribution is 5.48. The molecule has 1 nitrogen and oxygen atoms in total. The normalized spacial score (nSPS) is 10.2. The fourth-order valence-electron chi connectivity index (χ4n) is 1.54. The molecule has 0 aliphatic rings. The first-order valence-electron chi connectivity index (χ1n) is 4.83. The first-order valence-corrected chi connectivity index (χ1v) is 4.83. The van der Waals surface area contributed by atoms with E-state index in [1.54, 1.807) is 6.07 Å². The van der Waals surface area contributed by atoms with E-state index in [4.69, 9.17) is 5.73 Å². The van der Waals surface area contributed by atoms with Gasteiger partial charge in [0.25, 0.3) is 0 Å². The lowest BCUT2D eigenvalue weighted by Crippen LogP contribution is -1.96. The fraction of sp³-hybridized carbons (Fsp3) is 0.0769. The molecule has 2 rings (SSSR count). The second-order valence-electron chi connectivity index (χ2n) is 3.51. The SMILES string of the molecule is Nc1cc(F)ccc1Cc1ccccc1. The maximum absolute atomic E-state index is 12.8. The van der Waals surface area contributed by atoms with Crippen LogP contribution in [-0.2, 0) is 6.42 Å². The average Bonchev–Trinajstić information content (AvgIpc) is 2.24. The Bertz CT molecular complexity index is 451. The van der Waals surface area contributed by atoms with Crippen molar-refractivity contribution in [1.29, 1.82) is 0 Å². The predicted octanol–water partition coefficient (Wildman–Crippen LogP) is 3.00. The van der Waals surface area contributed by atoms with Crippen LogP contribution in [0.25, 0.3) is 0 Å². The Labute approximate surface area is 88.4 Å². The highest BCUT2D eigenvalue weighted by Gasteiger charge is 2.01. The lowest BCUT2D eigenvalue weighted by Gasteiger charge is -2.05. The summed E-state index contributed by atoms with van der Waals surface area (Å²) in [6.45, 7) is 0. The van der Waals surface area contributed by atoms with E-state index in [1.165, 1.54) is 17.7 Å². The van der Waals surface area contributed by atoms with Gasteiger partial charge in [-0.2, -0.15) is 0 Å². The largest absolute Gasteiger partial charge is 0.398 e. The number of nitrogen functional groups attached to an aromatic ring is 1. The Hall–Kier alpha value is -1.83. The third kappa shape index (κ3) is 2.34. The summed E-state index contributed by atoms with van der Waals surface area (Å²) < 4.78 is 12.8. The summed E-state index contributed by atoms with van der Waals surface area (Å²) in [6, 6.07) is 14.5. The molecule has 0 saturated carbocycles. The number of anilines is 1. The van der Waals surface area contributed by atoms with E-state index in [9.17, 15) is 4.39 Å². The van der Waals surface area contributed by atoms with Crippen LogP contribution >= 0.6 is 0 Å². The molecule has 0 unspecified atom stereocenters. The monoisotopic (exact) mass is 201 g/mol. The topological polar surface area (TPSA) is 26.0 Å². The molecule has 0 bridgehead atoms. The Morgan fingerprint density at radius 1 is 1.00 bits per heavy atom. The van der Waals surface area contributed by atoms with E-state index in [0.717, 1.165) is 12.0 Å². The van der Waals surface area contributed by atoms with Crippen LogP contribution in [-0.4, -0.2) is 0 Å². The van der Waals surface area contributed by atoms with Crippen LogP contribution < -0.4 is 5.73 Å². The summed E-state index contributed by atoms with van der Waals surface area (Å²) in [5.74, 6) is -0.288. The third-order valence-electron chi connectivity index (χ3n) is 2.35. The molecule has 2 N–H and O–H groups in total. The van der Waals surface area contributed by atoms with Gasteiger partial charge in [-0.1, -0.05) is 36.4 Å². The van der Waals surface area contributed by atoms with Crippen LogP contribution in [0.1, 0.15) is 11.1 Å². The van der Waals surface area contributed by atoms with Gasteiger partial charge in [-0.15, -0.1) is 0 Å². The second-order valence-corrected chi connectivity index (χ2v) is 3.51. The van der Waals surface area contributed by atoms with Crippen LogP contribution in [0.2, 0.25) is 0 Å². The Balaban J connectivity index is 2.25. The second kappa shape index (κ2) is 4.13. The number of nitrogens with two attached hydrogens (primary N) is 1. The smallest absolute Gasteiger partial charge is 0.125 e. The summed E-state index contributed by atoms with van der Waals surface area (Å²) in [4.78, 5) is 0. The van der Waals surface area contributed by atoms with E-state index in [-0.39, 0.29) is 5.82 Å². The van der Waals surface area contributed by atoms with E-state index in [1.807, 2.05) is 30.3 Å². The van der Waals surface area contributed by atoms with Crippen LogP contribution in [0.15, 0.2) is 48.5 Å². The molecule has 0 atom stereocenters. The molecule has 0 aromatic heterocycles. The quantitative estimate of drug-likeness (QED) is 0.742. The molecule has 0 spiro atoms. The molecule has 15 heavy (non-hydrogen) atoms. The molecule has 0 saturated heterocycles. The molecule has 0 radical (unpaired) electrons. The van der Waals surface area contributed by atoms with Gasteiger partial charge in [0.15, 0.2) is 0 Å². The zero-order chi connectivity index (χ0) is 10.7. The first-order chi connectivity index (χ1) is 7.25. The van der Waals surface area contributed by atoms with Gasteiger partial charge in [-0.25, -0.2) is 4.39 Å². The zero-order valence-electron chi connectivity index (χ0n) is 8.28. The van der Waals surface area contributed by atoms with Crippen LogP contribution in [0.4, 0.5) is 10.1 Å². The molecule has 2 aromatic carbocycles.